The van der Waals surface area contributed by atoms with Crippen molar-refractivity contribution in [1.29, 1.82) is 0 Å². The van der Waals surface area contributed by atoms with Crippen LogP contribution in [0.15, 0.2) is 0 Å². The first kappa shape index (κ1) is 12.8. The minimum atomic E-state index is -0.0548. The molecule has 1 saturated carbocycles. The molecule has 98 valence electrons. The molecule has 1 saturated heterocycles. The van der Waals surface area contributed by atoms with Crippen molar-refractivity contribution in [2.24, 2.45) is 5.92 Å². The molecule has 17 heavy (non-hydrogen) atoms. The zero-order valence-corrected chi connectivity index (χ0v) is 10.8. The van der Waals surface area contributed by atoms with Crippen molar-refractivity contribution in [2.45, 2.75) is 38.7 Å². The van der Waals surface area contributed by atoms with Crippen LogP contribution in [-0.2, 0) is 4.79 Å². The molecular weight excluding hydrogens is 216 g/mol. The second-order valence-electron chi connectivity index (χ2n) is 5.48. The lowest BCUT2D eigenvalue weighted by Gasteiger charge is -2.37. The van der Waals surface area contributed by atoms with Crippen LogP contribution in [0.25, 0.3) is 0 Å². The molecule has 0 unspecified atom stereocenters. The van der Waals surface area contributed by atoms with E-state index in [0.717, 1.165) is 64.3 Å². The van der Waals surface area contributed by atoms with Gasteiger partial charge in [0.15, 0.2) is 0 Å². The maximum absolute atomic E-state index is 11.2. The molecule has 2 aliphatic rings. The van der Waals surface area contributed by atoms with Gasteiger partial charge in [0.1, 0.15) is 0 Å². The lowest BCUT2D eigenvalue weighted by atomic mass is 9.87. The van der Waals surface area contributed by atoms with Crippen molar-refractivity contribution < 1.29 is 9.90 Å². The Labute approximate surface area is 104 Å². The number of rotatable bonds is 2. The Morgan fingerprint density at radius 2 is 1.71 bits per heavy atom. The summed E-state index contributed by atoms with van der Waals surface area (Å²) >= 11 is 0. The van der Waals surface area contributed by atoms with Crippen molar-refractivity contribution in [2.75, 3.05) is 32.7 Å². The van der Waals surface area contributed by atoms with Crippen LogP contribution in [0.2, 0.25) is 0 Å². The summed E-state index contributed by atoms with van der Waals surface area (Å²) < 4.78 is 0. The van der Waals surface area contributed by atoms with Gasteiger partial charge in [0, 0.05) is 39.6 Å². The minimum Gasteiger partial charge on any atom is -0.393 e. The summed E-state index contributed by atoms with van der Waals surface area (Å²) in [6.07, 6.45) is 4.21. The Morgan fingerprint density at radius 1 is 1.12 bits per heavy atom. The van der Waals surface area contributed by atoms with Crippen LogP contribution in [0.5, 0.6) is 0 Å². The Kier molecular flexibility index (Phi) is 4.40. The highest BCUT2D eigenvalue weighted by molar-refractivity contribution is 5.73. The number of amides is 1. The molecule has 4 heteroatoms. The van der Waals surface area contributed by atoms with Crippen LogP contribution in [0.4, 0.5) is 0 Å². The minimum absolute atomic E-state index is 0.0548. The number of nitrogens with zero attached hydrogens (tertiary/aromatic N) is 2. The van der Waals surface area contributed by atoms with E-state index < -0.39 is 0 Å². The van der Waals surface area contributed by atoms with Crippen molar-refractivity contribution in [3.05, 3.63) is 0 Å². The summed E-state index contributed by atoms with van der Waals surface area (Å²) in [5.41, 5.74) is 0. The van der Waals surface area contributed by atoms with E-state index in [1.807, 2.05) is 4.90 Å². The zero-order chi connectivity index (χ0) is 12.3. The smallest absolute Gasteiger partial charge is 0.219 e. The molecule has 0 bridgehead atoms. The van der Waals surface area contributed by atoms with Gasteiger partial charge >= 0.3 is 0 Å². The Bertz CT molecular complexity index is 254. The van der Waals surface area contributed by atoms with Gasteiger partial charge in [-0.15, -0.1) is 0 Å². The van der Waals surface area contributed by atoms with Crippen LogP contribution in [0, 0.1) is 5.92 Å². The molecule has 4 nitrogen and oxygen atoms in total. The maximum atomic E-state index is 11.2. The van der Waals surface area contributed by atoms with Crippen molar-refractivity contribution in [1.82, 2.24) is 9.80 Å². The summed E-state index contributed by atoms with van der Waals surface area (Å²) in [6, 6.07) is 0. The standard InChI is InChI=1S/C13H24N2O2/c1-11(16)15-8-6-14(7-9-15)10-12-2-4-13(17)5-3-12/h12-13,17H,2-10H2,1H3. The largest absolute Gasteiger partial charge is 0.393 e. The first-order chi connectivity index (χ1) is 8.15. The van der Waals surface area contributed by atoms with Crippen molar-refractivity contribution >= 4 is 5.91 Å². The summed E-state index contributed by atoms with van der Waals surface area (Å²) in [7, 11) is 0. The number of piperazine rings is 1. The first-order valence-corrected chi connectivity index (χ1v) is 6.81. The molecule has 1 amide bonds. The summed E-state index contributed by atoms with van der Waals surface area (Å²) in [6.45, 7) is 6.59. The third-order valence-corrected chi connectivity index (χ3v) is 4.15. The predicted molar refractivity (Wildman–Crippen MR) is 66.7 cm³/mol. The summed E-state index contributed by atoms with van der Waals surface area (Å²) in [4.78, 5) is 15.6. The molecule has 0 spiro atoms. The lowest BCUT2D eigenvalue weighted by molar-refractivity contribution is -0.130. The van der Waals surface area contributed by atoms with Crippen LogP contribution in [0.1, 0.15) is 32.6 Å². The number of hydrogen-bond donors (Lipinski definition) is 1. The van der Waals surface area contributed by atoms with E-state index in [-0.39, 0.29) is 12.0 Å². The topological polar surface area (TPSA) is 43.8 Å². The number of aliphatic hydroxyl groups is 1. The van der Waals surface area contributed by atoms with Gasteiger partial charge in [-0.05, 0) is 31.6 Å². The predicted octanol–water partition coefficient (Wildman–Crippen LogP) is 0.702. The molecule has 1 heterocycles. The van der Waals surface area contributed by atoms with Crippen molar-refractivity contribution in [3.8, 4) is 0 Å². The van der Waals surface area contributed by atoms with E-state index in [4.69, 9.17) is 0 Å². The van der Waals surface area contributed by atoms with E-state index in [9.17, 15) is 9.90 Å². The Hall–Kier alpha value is -0.610. The van der Waals surface area contributed by atoms with Gasteiger partial charge in [-0.3, -0.25) is 9.69 Å². The average Bonchev–Trinajstić information content (AvgIpc) is 2.33. The van der Waals surface area contributed by atoms with Crippen molar-refractivity contribution in [3.63, 3.8) is 0 Å². The van der Waals surface area contributed by atoms with Crippen LogP contribution in [-0.4, -0.2) is 59.6 Å². The highest BCUT2D eigenvalue weighted by Gasteiger charge is 2.24. The fourth-order valence-corrected chi connectivity index (χ4v) is 2.94. The van der Waals surface area contributed by atoms with Gasteiger partial charge in [0.25, 0.3) is 0 Å². The highest BCUT2D eigenvalue weighted by atomic mass is 16.3. The van der Waals surface area contributed by atoms with Gasteiger partial charge in [0.05, 0.1) is 6.10 Å². The van der Waals surface area contributed by atoms with Gasteiger partial charge in [0.2, 0.25) is 5.91 Å². The second-order valence-corrected chi connectivity index (χ2v) is 5.48. The molecule has 0 radical (unpaired) electrons. The fourth-order valence-electron chi connectivity index (χ4n) is 2.94. The maximum Gasteiger partial charge on any atom is 0.219 e. The zero-order valence-electron chi connectivity index (χ0n) is 10.8. The third kappa shape index (κ3) is 3.68. The van der Waals surface area contributed by atoms with Crippen LogP contribution >= 0.6 is 0 Å². The Morgan fingerprint density at radius 3 is 2.24 bits per heavy atom. The molecule has 0 aromatic rings. The first-order valence-electron chi connectivity index (χ1n) is 6.81. The molecular formula is C13H24N2O2. The van der Waals surface area contributed by atoms with E-state index in [0.29, 0.717) is 0 Å². The highest BCUT2D eigenvalue weighted by Crippen LogP contribution is 2.25. The number of carbonyl (C=O) groups is 1. The summed E-state index contributed by atoms with van der Waals surface area (Å²) in [5, 5.41) is 9.47. The molecule has 2 fully saturated rings. The normalized spacial score (nSPS) is 31.5. The number of aliphatic hydroxyl groups excluding tert-OH is 1. The number of carbonyl (C=O) groups excluding carboxylic acids is 1. The monoisotopic (exact) mass is 240 g/mol. The molecule has 0 atom stereocenters. The molecule has 2 rings (SSSR count). The molecule has 1 aliphatic carbocycles. The Balaban J connectivity index is 1.69. The van der Waals surface area contributed by atoms with E-state index >= 15 is 0 Å². The second kappa shape index (κ2) is 5.83. The SMILES string of the molecule is CC(=O)N1CCN(CC2CCC(O)CC2)CC1. The molecule has 0 aromatic heterocycles. The summed E-state index contributed by atoms with van der Waals surface area (Å²) in [5.74, 6) is 0.952. The van der Waals surface area contributed by atoms with Gasteiger partial charge in [-0.2, -0.15) is 0 Å². The fraction of sp³-hybridized carbons (Fsp3) is 0.923. The third-order valence-electron chi connectivity index (χ3n) is 4.15. The van der Waals surface area contributed by atoms with E-state index in [1.165, 1.54) is 0 Å². The molecule has 0 aromatic carbocycles. The molecule has 1 N–H and O–H groups in total. The quantitative estimate of drug-likeness (QED) is 0.773. The average molecular weight is 240 g/mol. The van der Waals surface area contributed by atoms with E-state index in [1.54, 1.807) is 6.92 Å². The van der Waals surface area contributed by atoms with Crippen LogP contribution in [0.3, 0.4) is 0 Å². The lowest BCUT2D eigenvalue weighted by Crippen LogP contribution is -2.49. The van der Waals surface area contributed by atoms with Gasteiger partial charge < -0.3 is 10.0 Å². The van der Waals surface area contributed by atoms with E-state index in [2.05, 4.69) is 4.90 Å². The van der Waals surface area contributed by atoms with Gasteiger partial charge in [-0.1, -0.05) is 0 Å². The molecule has 1 aliphatic heterocycles. The number of hydrogen-bond acceptors (Lipinski definition) is 3. The van der Waals surface area contributed by atoms with Gasteiger partial charge in [-0.25, -0.2) is 0 Å². The van der Waals surface area contributed by atoms with Crippen LogP contribution < -0.4 is 0 Å².